The Morgan fingerprint density at radius 3 is 2.52 bits per heavy atom. The normalized spacial score (nSPS) is 11.4. The summed E-state index contributed by atoms with van der Waals surface area (Å²) in [5, 5.41) is 0.200. The van der Waals surface area contributed by atoms with Crippen LogP contribution in [-0.2, 0) is 22.3 Å². The van der Waals surface area contributed by atoms with Gasteiger partial charge in [0.15, 0.2) is 0 Å². The summed E-state index contributed by atoms with van der Waals surface area (Å²) in [4.78, 5) is 0. The van der Waals surface area contributed by atoms with E-state index in [9.17, 15) is 12.8 Å². The third-order valence-electron chi connectivity index (χ3n) is 2.78. The molecule has 0 aliphatic carbocycles. The molecule has 0 amide bonds. The fraction of sp³-hybridized carbons (Fsp3) is 0.143. The molecule has 0 saturated heterocycles. The van der Waals surface area contributed by atoms with E-state index in [4.69, 9.17) is 17.3 Å². The minimum absolute atomic E-state index is 0.130. The number of rotatable bonds is 5. The maximum absolute atomic E-state index is 13.6. The Morgan fingerprint density at radius 2 is 1.86 bits per heavy atom. The average molecular weight is 329 g/mol. The summed E-state index contributed by atoms with van der Waals surface area (Å²) in [5.41, 5.74) is 6.80. The van der Waals surface area contributed by atoms with Gasteiger partial charge in [-0.1, -0.05) is 35.9 Å². The first-order valence-electron chi connectivity index (χ1n) is 6.13. The van der Waals surface area contributed by atoms with E-state index in [0.29, 0.717) is 12.1 Å². The van der Waals surface area contributed by atoms with Crippen LogP contribution in [0.5, 0.6) is 0 Å². The van der Waals surface area contributed by atoms with Crippen LogP contribution in [0.2, 0.25) is 5.02 Å². The molecule has 2 rings (SSSR count). The van der Waals surface area contributed by atoms with Crippen molar-refractivity contribution < 1.29 is 12.8 Å². The minimum Gasteiger partial charge on any atom is -0.326 e. The summed E-state index contributed by atoms with van der Waals surface area (Å²) in [6, 6.07) is 10.7. The van der Waals surface area contributed by atoms with E-state index in [2.05, 4.69) is 4.72 Å². The number of nitrogens with two attached hydrogens (primary N) is 1. The van der Waals surface area contributed by atoms with Crippen LogP contribution in [0.3, 0.4) is 0 Å². The molecule has 7 heteroatoms. The van der Waals surface area contributed by atoms with E-state index in [-0.39, 0.29) is 16.5 Å². The van der Waals surface area contributed by atoms with Gasteiger partial charge in [0.2, 0.25) is 10.0 Å². The third-order valence-corrected chi connectivity index (χ3v) is 4.26. The van der Waals surface area contributed by atoms with Gasteiger partial charge < -0.3 is 5.73 Å². The maximum Gasteiger partial charge on any atom is 0.237 e. The second kappa shape index (κ2) is 6.43. The van der Waals surface area contributed by atoms with Crippen molar-refractivity contribution in [3.05, 3.63) is 64.4 Å². The highest BCUT2D eigenvalue weighted by Gasteiger charge is 2.14. The number of sulfonamides is 1. The molecule has 0 unspecified atom stereocenters. The molecule has 0 saturated carbocycles. The number of hydrogen-bond donors (Lipinski definition) is 2. The van der Waals surface area contributed by atoms with Crippen LogP contribution < -0.4 is 10.5 Å². The molecule has 2 aromatic carbocycles. The number of halogens is 2. The largest absolute Gasteiger partial charge is 0.326 e. The van der Waals surface area contributed by atoms with Crippen molar-refractivity contribution in [1.82, 2.24) is 0 Å². The van der Waals surface area contributed by atoms with Crippen LogP contribution in [0.1, 0.15) is 11.1 Å². The molecule has 3 N–H and O–H groups in total. The van der Waals surface area contributed by atoms with Crippen LogP contribution in [0, 0.1) is 5.82 Å². The van der Waals surface area contributed by atoms with Crippen molar-refractivity contribution >= 4 is 27.3 Å². The molecule has 0 aromatic heterocycles. The fourth-order valence-electron chi connectivity index (χ4n) is 1.84. The first kappa shape index (κ1) is 15.8. The van der Waals surface area contributed by atoms with Crippen molar-refractivity contribution in [1.29, 1.82) is 0 Å². The first-order valence-corrected chi connectivity index (χ1v) is 8.16. The zero-order chi connectivity index (χ0) is 15.5. The fourth-order valence-corrected chi connectivity index (χ4v) is 3.19. The predicted octanol–water partition coefficient (Wildman–Crippen LogP) is 2.88. The van der Waals surface area contributed by atoms with E-state index < -0.39 is 15.8 Å². The topological polar surface area (TPSA) is 72.2 Å². The summed E-state index contributed by atoms with van der Waals surface area (Å²) in [6.45, 7) is 0.327. The van der Waals surface area contributed by atoms with Crippen LogP contribution in [0.25, 0.3) is 0 Å². The van der Waals surface area contributed by atoms with Gasteiger partial charge in [-0.15, -0.1) is 0 Å². The molecule has 21 heavy (non-hydrogen) atoms. The molecule has 0 atom stereocenters. The molecular weight excluding hydrogens is 315 g/mol. The van der Waals surface area contributed by atoms with Crippen molar-refractivity contribution in [2.75, 3.05) is 4.72 Å². The molecular formula is C14H14ClFN2O2S. The van der Waals surface area contributed by atoms with Crippen LogP contribution in [-0.4, -0.2) is 8.42 Å². The molecule has 0 heterocycles. The number of hydrogen-bond acceptors (Lipinski definition) is 3. The van der Waals surface area contributed by atoms with Gasteiger partial charge in [-0.25, -0.2) is 12.8 Å². The van der Waals surface area contributed by atoms with Crippen LogP contribution in [0.15, 0.2) is 42.5 Å². The highest BCUT2D eigenvalue weighted by molar-refractivity contribution is 7.91. The van der Waals surface area contributed by atoms with Gasteiger partial charge in [0.05, 0.1) is 11.4 Å². The third kappa shape index (κ3) is 4.42. The van der Waals surface area contributed by atoms with E-state index >= 15 is 0 Å². The van der Waals surface area contributed by atoms with E-state index in [0.717, 1.165) is 11.6 Å². The first-order chi connectivity index (χ1) is 9.89. The van der Waals surface area contributed by atoms with Crippen molar-refractivity contribution in [2.45, 2.75) is 12.3 Å². The quantitative estimate of drug-likeness (QED) is 0.886. The van der Waals surface area contributed by atoms with Gasteiger partial charge in [0, 0.05) is 11.6 Å². The Morgan fingerprint density at radius 1 is 1.14 bits per heavy atom. The summed E-state index contributed by atoms with van der Waals surface area (Å²) in [5.74, 6) is -0.982. The Bertz CT molecular complexity index is 750. The Balaban J connectivity index is 2.18. The van der Waals surface area contributed by atoms with Gasteiger partial charge in [-0.3, -0.25) is 4.72 Å². The molecule has 0 radical (unpaired) electrons. The summed E-state index contributed by atoms with van der Waals surface area (Å²) in [6.07, 6.45) is 0. The zero-order valence-corrected chi connectivity index (χ0v) is 12.6. The summed E-state index contributed by atoms with van der Waals surface area (Å²) in [7, 11) is -3.72. The highest BCUT2D eigenvalue weighted by Crippen LogP contribution is 2.21. The molecule has 0 aliphatic heterocycles. The van der Waals surface area contributed by atoms with Crippen molar-refractivity contribution in [3.63, 3.8) is 0 Å². The smallest absolute Gasteiger partial charge is 0.237 e. The van der Waals surface area contributed by atoms with Crippen molar-refractivity contribution in [2.24, 2.45) is 5.73 Å². The zero-order valence-electron chi connectivity index (χ0n) is 11.0. The number of benzene rings is 2. The molecule has 0 bridgehead atoms. The predicted molar refractivity (Wildman–Crippen MR) is 82.0 cm³/mol. The average Bonchev–Trinajstić information content (AvgIpc) is 2.41. The molecule has 2 aromatic rings. The monoisotopic (exact) mass is 328 g/mol. The van der Waals surface area contributed by atoms with E-state index in [1.807, 2.05) is 6.07 Å². The molecule has 0 spiro atoms. The lowest BCUT2D eigenvalue weighted by molar-refractivity contribution is 0.598. The lowest BCUT2D eigenvalue weighted by Gasteiger charge is -2.10. The van der Waals surface area contributed by atoms with Gasteiger partial charge in [-0.05, 0) is 29.3 Å². The Labute approximate surface area is 127 Å². The van der Waals surface area contributed by atoms with Gasteiger partial charge >= 0.3 is 0 Å². The van der Waals surface area contributed by atoms with Crippen LogP contribution >= 0.6 is 11.6 Å². The van der Waals surface area contributed by atoms with E-state index in [1.54, 1.807) is 18.2 Å². The van der Waals surface area contributed by atoms with Crippen LogP contribution in [0.4, 0.5) is 10.1 Å². The second-order valence-electron chi connectivity index (χ2n) is 4.51. The summed E-state index contributed by atoms with van der Waals surface area (Å²) < 4.78 is 39.9. The Kier molecular flexibility index (Phi) is 4.82. The molecule has 112 valence electrons. The van der Waals surface area contributed by atoms with Gasteiger partial charge in [0.25, 0.3) is 0 Å². The molecule has 0 aliphatic rings. The Hall–Kier alpha value is -1.63. The van der Waals surface area contributed by atoms with Gasteiger partial charge in [-0.2, -0.15) is 0 Å². The standard InChI is InChI=1S/C14H14ClFN2O2S/c15-12-4-5-14(13(16)7-12)18-21(19,20)9-11-3-1-2-10(6-11)8-17/h1-7,18H,8-9,17H2. The number of anilines is 1. The van der Waals surface area contributed by atoms with Crippen molar-refractivity contribution in [3.8, 4) is 0 Å². The lowest BCUT2D eigenvalue weighted by atomic mass is 10.1. The molecule has 4 nitrogen and oxygen atoms in total. The second-order valence-corrected chi connectivity index (χ2v) is 6.67. The number of nitrogens with one attached hydrogen (secondary N) is 1. The summed E-state index contributed by atoms with van der Waals surface area (Å²) >= 11 is 5.62. The maximum atomic E-state index is 13.6. The minimum atomic E-state index is -3.72. The lowest BCUT2D eigenvalue weighted by Crippen LogP contribution is -2.16. The molecule has 0 fully saturated rings. The SMILES string of the molecule is NCc1cccc(CS(=O)(=O)Nc2ccc(Cl)cc2F)c1. The highest BCUT2D eigenvalue weighted by atomic mass is 35.5. The van der Waals surface area contributed by atoms with E-state index in [1.165, 1.54) is 12.1 Å². The van der Waals surface area contributed by atoms with Gasteiger partial charge in [0.1, 0.15) is 5.82 Å².